The predicted molar refractivity (Wildman–Crippen MR) is 41.9 cm³/mol. The SMILES string of the molecule is Fc1[c]ccc2c1CCCC2. The minimum Gasteiger partial charge on any atom is -0.206 e. The first kappa shape index (κ1) is 6.84. The fourth-order valence-electron chi connectivity index (χ4n) is 1.67. The zero-order chi connectivity index (χ0) is 7.68. The van der Waals surface area contributed by atoms with Gasteiger partial charge in [0.05, 0.1) is 0 Å². The van der Waals surface area contributed by atoms with Crippen LogP contribution in [0.2, 0.25) is 0 Å². The van der Waals surface area contributed by atoms with Gasteiger partial charge in [0.25, 0.3) is 0 Å². The third-order valence-electron chi connectivity index (χ3n) is 2.27. The van der Waals surface area contributed by atoms with Crippen molar-refractivity contribution in [3.8, 4) is 0 Å². The van der Waals surface area contributed by atoms with E-state index in [1.165, 1.54) is 12.0 Å². The van der Waals surface area contributed by atoms with Gasteiger partial charge in [-0.1, -0.05) is 12.1 Å². The van der Waals surface area contributed by atoms with E-state index >= 15 is 0 Å². The molecular weight excluding hydrogens is 139 g/mol. The average Bonchev–Trinajstić information content (AvgIpc) is 2.06. The minimum absolute atomic E-state index is 0.137. The maximum absolute atomic E-state index is 13.0. The molecule has 0 spiro atoms. The maximum Gasteiger partial charge on any atom is 0.134 e. The average molecular weight is 149 g/mol. The minimum atomic E-state index is -0.137. The van der Waals surface area contributed by atoms with Crippen LogP contribution < -0.4 is 0 Å². The monoisotopic (exact) mass is 149 g/mol. The van der Waals surface area contributed by atoms with Crippen molar-refractivity contribution < 1.29 is 4.39 Å². The molecule has 0 fully saturated rings. The Labute approximate surface area is 66.1 Å². The van der Waals surface area contributed by atoms with Crippen molar-refractivity contribution in [2.24, 2.45) is 0 Å². The number of halogens is 1. The second-order valence-corrected chi connectivity index (χ2v) is 3.00. The first-order valence-corrected chi connectivity index (χ1v) is 4.06. The van der Waals surface area contributed by atoms with Gasteiger partial charge in [0.1, 0.15) is 5.82 Å². The number of aryl methyl sites for hydroxylation is 1. The second-order valence-electron chi connectivity index (χ2n) is 3.00. The molecule has 0 saturated heterocycles. The molecule has 0 amide bonds. The van der Waals surface area contributed by atoms with E-state index in [-0.39, 0.29) is 5.82 Å². The molecule has 0 heterocycles. The van der Waals surface area contributed by atoms with Crippen LogP contribution in [-0.2, 0) is 12.8 Å². The molecule has 0 aromatic heterocycles. The van der Waals surface area contributed by atoms with Gasteiger partial charge in [0.15, 0.2) is 0 Å². The lowest BCUT2D eigenvalue weighted by atomic mass is 9.91. The zero-order valence-corrected chi connectivity index (χ0v) is 6.36. The van der Waals surface area contributed by atoms with Gasteiger partial charge in [0, 0.05) is 6.07 Å². The Morgan fingerprint density at radius 1 is 1.27 bits per heavy atom. The summed E-state index contributed by atoms with van der Waals surface area (Å²) in [6, 6.07) is 6.26. The van der Waals surface area contributed by atoms with Crippen molar-refractivity contribution in [1.29, 1.82) is 0 Å². The lowest BCUT2D eigenvalue weighted by molar-refractivity contribution is 0.577. The van der Waals surface area contributed by atoms with E-state index in [1.807, 2.05) is 6.07 Å². The van der Waals surface area contributed by atoms with E-state index in [4.69, 9.17) is 0 Å². The van der Waals surface area contributed by atoms with Gasteiger partial charge in [-0.15, -0.1) is 0 Å². The molecular formula is C10H10F. The van der Waals surface area contributed by atoms with Crippen molar-refractivity contribution >= 4 is 0 Å². The number of rotatable bonds is 0. The van der Waals surface area contributed by atoms with Crippen LogP contribution >= 0.6 is 0 Å². The van der Waals surface area contributed by atoms with Gasteiger partial charge in [-0.3, -0.25) is 0 Å². The van der Waals surface area contributed by atoms with Gasteiger partial charge in [0.2, 0.25) is 0 Å². The summed E-state index contributed by atoms with van der Waals surface area (Å²) in [5, 5.41) is 0. The van der Waals surface area contributed by atoms with Crippen molar-refractivity contribution in [2.75, 3.05) is 0 Å². The molecule has 0 N–H and O–H groups in total. The Bertz CT molecular complexity index is 266. The lowest BCUT2D eigenvalue weighted by Crippen LogP contribution is -2.04. The molecule has 0 saturated carbocycles. The van der Waals surface area contributed by atoms with E-state index in [9.17, 15) is 4.39 Å². The van der Waals surface area contributed by atoms with Gasteiger partial charge in [-0.25, -0.2) is 4.39 Å². The van der Waals surface area contributed by atoms with E-state index in [2.05, 4.69) is 6.07 Å². The van der Waals surface area contributed by atoms with Crippen molar-refractivity contribution in [3.05, 3.63) is 35.1 Å². The van der Waals surface area contributed by atoms with Gasteiger partial charge in [-0.2, -0.15) is 0 Å². The lowest BCUT2D eigenvalue weighted by Gasteiger charge is -2.14. The maximum atomic E-state index is 13.0. The summed E-state index contributed by atoms with van der Waals surface area (Å²) in [6.45, 7) is 0. The number of hydrogen-bond donors (Lipinski definition) is 0. The number of fused-ring (bicyclic) bond motifs is 1. The smallest absolute Gasteiger partial charge is 0.134 e. The fourth-order valence-corrected chi connectivity index (χ4v) is 1.67. The van der Waals surface area contributed by atoms with Crippen LogP contribution in [0.25, 0.3) is 0 Å². The first-order valence-electron chi connectivity index (χ1n) is 4.06. The third kappa shape index (κ3) is 1.15. The molecule has 0 atom stereocenters. The van der Waals surface area contributed by atoms with Gasteiger partial charge in [-0.05, 0) is 36.8 Å². The number of hydrogen-bond acceptors (Lipinski definition) is 0. The molecule has 1 aromatic carbocycles. The highest BCUT2D eigenvalue weighted by Gasteiger charge is 2.11. The standard InChI is InChI=1S/C10H10F/c11-10-7-3-5-8-4-1-2-6-9(8)10/h3,5H,1-2,4,6H2. The summed E-state index contributed by atoms with van der Waals surface area (Å²) in [7, 11) is 0. The van der Waals surface area contributed by atoms with Crippen LogP contribution in [0.5, 0.6) is 0 Å². The van der Waals surface area contributed by atoms with Crippen LogP contribution in [0.1, 0.15) is 24.0 Å². The third-order valence-corrected chi connectivity index (χ3v) is 2.27. The molecule has 1 aliphatic rings. The number of benzene rings is 1. The summed E-state index contributed by atoms with van der Waals surface area (Å²) in [5.74, 6) is -0.137. The fraction of sp³-hybridized carbons (Fsp3) is 0.400. The van der Waals surface area contributed by atoms with Gasteiger partial charge < -0.3 is 0 Å². The van der Waals surface area contributed by atoms with Crippen LogP contribution in [-0.4, -0.2) is 0 Å². The molecule has 0 unspecified atom stereocenters. The highest BCUT2D eigenvalue weighted by Crippen LogP contribution is 2.22. The molecule has 1 heteroatoms. The summed E-state index contributed by atoms with van der Waals surface area (Å²) in [4.78, 5) is 0. The summed E-state index contributed by atoms with van der Waals surface area (Å²) >= 11 is 0. The van der Waals surface area contributed by atoms with Crippen LogP contribution in [0.4, 0.5) is 4.39 Å². The molecule has 2 rings (SSSR count). The molecule has 0 nitrogen and oxygen atoms in total. The summed E-state index contributed by atoms with van der Waals surface area (Å²) in [6.07, 6.45) is 4.28. The first-order chi connectivity index (χ1) is 5.38. The quantitative estimate of drug-likeness (QED) is 0.531. The Morgan fingerprint density at radius 3 is 2.91 bits per heavy atom. The van der Waals surface area contributed by atoms with Crippen molar-refractivity contribution in [1.82, 2.24) is 0 Å². The van der Waals surface area contributed by atoms with E-state index < -0.39 is 0 Å². The highest BCUT2D eigenvalue weighted by atomic mass is 19.1. The largest absolute Gasteiger partial charge is 0.206 e. The van der Waals surface area contributed by atoms with Crippen LogP contribution in [0.3, 0.4) is 0 Å². The second kappa shape index (κ2) is 2.65. The molecule has 1 aromatic rings. The normalized spacial score (nSPS) is 16.1. The van der Waals surface area contributed by atoms with Crippen molar-refractivity contribution in [2.45, 2.75) is 25.7 Å². The Balaban J connectivity index is 2.49. The van der Waals surface area contributed by atoms with Crippen molar-refractivity contribution in [3.63, 3.8) is 0 Å². The Kier molecular flexibility index (Phi) is 1.65. The Hall–Kier alpha value is -0.850. The molecule has 1 aliphatic carbocycles. The molecule has 0 aliphatic heterocycles. The molecule has 1 radical (unpaired) electrons. The van der Waals surface area contributed by atoms with E-state index in [0.717, 1.165) is 24.8 Å². The van der Waals surface area contributed by atoms with E-state index in [1.54, 1.807) is 6.07 Å². The molecule has 57 valence electrons. The summed E-state index contributed by atoms with van der Waals surface area (Å²) < 4.78 is 13.0. The zero-order valence-electron chi connectivity index (χ0n) is 6.36. The van der Waals surface area contributed by atoms with Crippen LogP contribution in [0.15, 0.2) is 12.1 Å². The van der Waals surface area contributed by atoms with Crippen LogP contribution in [0, 0.1) is 11.9 Å². The van der Waals surface area contributed by atoms with Gasteiger partial charge >= 0.3 is 0 Å². The highest BCUT2D eigenvalue weighted by molar-refractivity contribution is 5.29. The molecule has 11 heavy (non-hydrogen) atoms. The Morgan fingerprint density at radius 2 is 2.09 bits per heavy atom. The predicted octanol–water partition coefficient (Wildman–Crippen LogP) is 2.50. The summed E-state index contributed by atoms with van der Waals surface area (Å²) in [5.41, 5.74) is 2.09. The van der Waals surface area contributed by atoms with E-state index in [0.29, 0.717) is 0 Å². The molecule has 0 bridgehead atoms. The topological polar surface area (TPSA) is 0 Å².